The molecule has 15 heavy (non-hydrogen) atoms. The lowest BCUT2D eigenvalue weighted by atomic mass is 10.1. The molecule has 0 saturated heterocycles. The van der Waals surface area contributed by atoms with Crippen molar-refractivity contribution in [3.63, 3.8) is 0 Å². The first-order chi connectivity index (χ1) is 6.96. The molecule has 0 aromatic heterocycles. The zero-order valence-corrected chi connectivity index (χ0v) is 9.22. The Balaban J connectivity index is 2.31. The molecule has 0 aliphatic carbocycles. The molecule has 1 aliphatic heterocycles. The van der Waals surface area contributed by atoms with Crippen LogP contribution in [0.15, 0.2) is 18.2 Å². The van der Waals surface area contributed by atoms with Gasteiger partial charge in [0.1, 0.15) is 5.75 Å². The van der Waals surface area contributed by atoms with Crippen molar-refractivity contribution in [2.24, 2.45) is 0 Å². The summed E-state index contributed by atoms with van der Waals surface area (Å²) in [4.78, 5) is 2.10. The Morgan fingerprint density at radius 3 is 2.87 bits per heavy atom. The molecule has 0 atom stereocenters. The van der Waals surface area contributed by atoms with Crippen LogP contribution in [0.3, 0.4) is 0 Å². The van der Waals surface area contributed by atoms with Gasteiger partial charge < -0.3 is 4.90 Å². The summed E-state index contributed by atoms with van der Waals surface area (Å²) in [5.74, 6) is -0.524. The Morgan fingerprint density at radius 2 is 2.20 bits per heavy atom. The molecule has 0 N–H and O–H groups in total. The molecule has 1 aromatic rings. The van der Waals surface area contributed by atoms with Gasteiger partial charge in [-0.15, -0.1) is 3.89 Å². The first kappa shape index (κ1) is 10.4. The molecule has 0 spiro atoms. The predicted octanol–water partition coefficient (Wildman–Crippen LogP) is 1.48. The van der Waals surface area contributed by atoms with Gasteiger partial charge in [-0.05, 0) is 23.6 Å². The quantitative estimate of drug-likeness (QED) is 0.721. The molecule has 0 amide bonds. The van der Waals surface area contributed by atoms with Gasteiger partial charge in [0, 0.05) is 19.3 Å². The zero-order chi connectivity index (χ0) is 11.1. The van der Waals surface area contributed by atoms with Crippen molar-refractivity contribution in [2.45, 2.75) is 12.2 Å². The van der Waals surface area contributed by atoms with E-state index < -0.39 is 16.0 Å². The van der Waals surface area contributed by atoms with E-state index in [1.165, 1.54) is 0 Å². The second kappa shape index (κ2) is 3.48. The van der Waals surface area contributed by atoms with E-state index in [2.05, 4.69) is 4.90 Å². The molecule has 0 saturated carbocycles. The van der Waals surface area contributed by atoms with Crippen LogP contribution in [-0.2, 0) is 22.4 Å². The highest BCUT2D eigenvalue weighted by molar-refractivity contribution is 7.85. The summed E-state index contributed by atoms with van der Waals surface area (Å²) in [6.07, 6.45) is 0.895. The summed E-state index contributed by atoms with van der Waals surface area (Å²) < 4.78 is 33.4. The van der Waals surface area contributed by atoms with Gasteiger partial charge in [0.2, 0.25) is 0 Å². The van der Waals surface area contributed by atoms with Gasteiger partial charge >= 0.3 is 10.2 Å². The minimum atomic E-state index is -4.42. The van der Waals surface area contributed by atoms with Crippen molar-refractivity contribution in [3.8, 4) is 0 Å². The first-order valence-electron chi connectivity index (χ1n) is 4.71. The van der Waals surface area contributed by atoms with E-state index in [4.69, 9.17) is 0 Å². The topological polar surface area (TPSA) is 37.4 Å². The normalized spacial score (nSPS) is 15.5. The molecule has 1 aliphatic rings. The first-order valence-corrected chi connectivity index (χ1v) is 6.26. The van der Waals surface area contributed by atoms with Crippen LogP contribution >= 0.6 is 0 Å². The van der Waals surface area contributed by atoms with Crippen molar-refractivity contribution < 1.29 is 12.3 Å². The summed E-state index contributed by atoms with van der Waals surface area (Å²) in [5, 5.41) is 0. The predicted molar refractivity (Wildman–Crippen MR) is 57.1 cm³/mol. The van der Waals surface area contributed by atoms with Crippen molar-refractivity contribution in [1.82, 2.24) is 0 Å². The standard InChI is InChI=1S/C10H12FNO2S/c1-12-5-4-9-6-8(2-3-10(9)12)7-15(11,13)14/h2-3,6H,4-5,7H2,1H3. The third-order valence-corrected chi connectivity index (χ3v) is 3.29. The maximum atomic E-state index is 12.5. The molecule has 1 aromatic carbocycles. The van der Waals surface area contributed by atoms with Gasteiger partial charge in [0.25, 0.3) is 0 Å². The van der Waals surface area contributed by atoms with E-state index in [0.717, 1.165) is 24.2 Å². The zero-order valence-electron chi connectivity index (χ0n) is 8.40. The molecule has 2 rings (SSSR count). The third kappa shape index (κ3) is 2.28. The fraction of sp³-hybridized carbons (Fsp3) is 0.400. The lowest BCUT2D eigenvalue weighted by Crippen LogP contribution is -2.12. The Morgan fingerprint density at radius 1 is 1.47 bits per heavy atom. The summed E-state index contributed by atoms with van der Waals surface area (Å²) in [6, 6.07) is 5.29. The number of fused-ring (bicyclic) bond motifs is 1. The van der Waals surface area contributed by atoms with Gasteiger partial charge in [-0.25, -0.2) is 0 Å². The van der Waals surface area contributed by atoms with Crippen LogP contribution in [0.2, 0.25) is 0 Å². The highest BCUT2D eigenvalue weighted by Crippen LogP contribution is 2.27. The van der Waals surface area contributed by atoms with E-state index in [1.54, 1.807) is 12.1 Å². The maximum Gasteiger partial charge on any atom is 0.306 e. The SMILES string of the molecule is CN1CCc2cc(CS(=O)(=O)F)ccc21. The van der Waals surface area contributed by atoms with Crippen LogP contribution in [-0.4, -0.2) is 22.0 Å². The van der Waals surface area contributed by atoms with Crippen molar-refractivity contribution in [2.75, 3.05) is 18.5 Å². The average molecular weight is 229 g/mol. The highest BCUT2D eigenvalue weighted by atomic mass is 32.3. The molecule has 0 fully saturated rings. The Hall–Kier alpha value is -1.10. The third-order valence-electron chi connectivity index (χ3n) is 2.61. The van der Waals surface area contributed by atoms with E-state index in [9.17, 15) is 12.3 Å². The number of hydrogen-bond donors (Lipinski definition) is 0. The Labute approximate surface area is 88.7 Å². The Bertz CT molecular complexity index is 484. The number of halogens is 1. The van der Waals surface area contributed by atoms with E-state index in [1.807, 2.05) is 13.1 Å². The summed E-state index contributed by atoms with van der Waals surface area (Å²) in [6.45, 7) is 0.932. The fourth-order valence-corrected chi connectivity index (χ4v) is 2.49. The summed E-state index contributed by atoms with van der Waals surface area (Å²) in [5.41, 5.74) is 2.72. The fourth-order valence-electron chi connectivity index (χ4n) is 1.91. The minimum absolute atomic E-state index is 0.520. The highest BCUT2D eigenvalue weighted by Gasteiger charge is 2.17. The molecular formula is C10H12FNO2S. The largest absolute Gasteiger partial charge is 0.374 e. The van der Waals surface area contributed by atoms with Crippen molar-refractivity contribution in [1.29, 1.82) is 0 Å². The number of nitrogens with zero attached hydrogens (tertiary/aromatic N) is 1. The van der Waals surface area contributed by atoms with Crippen LogP contribution in [0, 0.1) is 0 Å². The van der Waals surface area contributed by atoms with E-state index >= 15 is 0 Å². The molecule has 0 radical (unpaired) electrons. The number of hydrogen-bond acceptors (Lipinski definition) is 3. The lowest BCUT2D eigenvalue weighted by molar-refractivity contribution is 0.551. The number of anilines is 1. The smallest absolute Gasteiger partial charge is 0.306 e. The molecule has 1 heterocycles. The molecule has 5 heteroatoms. The van der Waals surface area contributed by atoms with Crippen LogP contribution in [0.25, 0.3) is 0 Å². The molecule has 0 unspecified atom stereocenters. The monoisotopic (exact) mass is 229 g/mol. The van der Waals surface area contributed by atoms with Crippen LogP contribution < -0.4 is 4.90 Å². The van der Waals surface area contributed by atoms with Crippen molar-refractivity contribution in [3.05, 3.63) is 29.3 Å². The van der Waals surface area contributed by atoms with Gasteiger partial charge in [-0.2, -0.15) is 8.42 Å². The summed E-state index contributed by atoms with van der Waals surface area (Å²) in [7, 11) is -2.44. The minimum Gasteiger partial charge on any atom is -0.374 e. The van der Waals surface area contributed by atoms with Gasteiger partial charge in [-0.3, -0.25) is 0 Å². The molecular weight excluding hydrogens is 217 g/mol. The maximum absolute atomic E-state index is 12.5. The lowest BCUT2D eigenvalue weighted by Gasteiger charge is -2.11. The molecule has 3 nitrogen and oxygen atoms in total. The van der Waals surface area contributed by atoms with Crippen LogP contribution in [0.5, 0.6) is 0 Å². The van der Waals surface area contributed by atoms with Gasteiger partial charge in [-0.1, -0.05) is 12.1 Å². The Kier molecular flexibility index (Phi) is 2.42. The number of rotatable bonds is 2. The second-order valence-corrected chi connectivity index (χ2v) is 5.18. The van der Waals surface area contributed by atoms with Crippen LogP contribution in [0.1, 0.15) is 11.1 Å². The van der Waals surface area contributed by atoms with E-state index in [0.29, 0.717) is 5.56 Å². The van der Waals surface area contributed by atoms with Crippen molar-refractivity contribution >= 4 is 15.9 Å². The average Bonchev–Trinajstić information content (AvgIpc) is 2.45. The summed E-state index contributed by atoms with van der Waals surface area (Å²) >= 11 is 0. The van der Waals surface area contributed by atoms with Gasteiger partial charge in [0.15, 0.2) is 0 Å². The van der Waals surface area contributed by atoms with E-state index in [-0.39, 0.29) is 0 Å². The number of likely N-dealkylation sites (N-methyl/N-ethyl adjacent to an activating group) is 1. The number of benzene rings is 1. The molecule has 0 bridgehead atoms. The molecule has 82 valence electrons. The van der Waals surface area contributed by atoms with Gasteiger partial charge in [0.05, 0.1) is 0 Å². The van der Waals surface area contributed by atoms with Crippen LogP contribution in [0.4, 0.5) is 9.57 Å². The second-order valence-electron chi connectivity index (χ2n) is 3.82.